The average Bonchev–Trinajstić information content (AvgIpc) is 3.05. The summed E-state index contributed by atoms with van der Waals surface area (Å²) < 4.78 is 2.21. The molecule has 2 aromatic carbocycles. The van der Waals surface area contributed by atoms with Crippen molar-refractivity contribution in [3.63, 3.8) is 0 Å². The summed E-state index contributed by atoms with van der Waals surface area (Å²) in [6, 6.07) is 18.4. The van der Waals surface area contributed by atoms with Crippen molar-refractivity contribution in [2.75, 3.05) is 4.90 Å². The highest BCUT2D eigenvalue weighted by molar-refractivity contribution is 5.96. The van der Waals surface area contributed by atoms with E-state index in [2.05, 4.69) is 22.8 Å². The fourth-order valence-electron chi connectivity index (χ4n) is 3.78. The number of nitriles is 1. The lowest BCUT2D eigenvalue weighted by Gasteiger charge is -2.29. The fourth-order valence-corrected chi connectivity index (χ4v) is 3.78. The number of hydrogen-bond acceptors (Lipinski definition) is 3. The number of carbonyl (C=O) groups excluding carboxylic acids is 1. The zero-order valence-electron chi connectivity index (χ0n) is 15.3. The molecule has 1 aliphatic rings. The Morgan fingerprint density at radius 1 is 1.04 bits per heavy atom. The first-order chi connectivity index (χ1) is 13.3. The van der Waals surface area contributed by atoms with Crippen LogP contribution < -0.4 is 4.90 Å². The Hall–Kier alpha value is -3.13. The smallest absolute Gasteiger partial charge is 0.227 e. The van der Waals surface area contributed by atoms with Crippen molar-refractivity contribution in [2.45, 2.75) is 45.2 Å². The largest absolute Gasteiger partial charge is 0.326 e. The van der Waals surface area contributed by atoms with Crippen molar-refractivity contribution in [3.05, 3.63) is 59.9 Å². The molecule has 0 fully saturated rings. The van der Waals surface area contributed by atoms with E-state index < -0.39 is 0 Å². The van der Waals surface area contributed by atoms with Crippen LogP contribution in [0.5, 0.6) is 0 Å². The number of benzene rings is 2. The SMILES string of the molecule is N#CCCCCn1c(CN2C(=O)CCc3ccccc32)nc2ccccc21. The molecular weight excluding hydrogens is 336 g/mol. The van der Waals surface area contributed by atoms with Crippen LogP contribution in [0.4, 0.5) is 5.69 Å². The van der Waals surface area contributed by atoms with E-state index in [0.29, 0.717) is 19.4 Å². The van der Waals surface area contributed by atoms with Gasteiger partial charge in [-0.25, -0.2) is 4.98 Å². The molecule has 3 aromatic rings. The Balaban J connectivity index is 1.67. The van der Waals surface area contributed by atoms with E-state index in [1.807, 2.05) is 41.3 Å². The summed E-state index contributed by atoms with van der Waals surface area (Å²) in [5.74, 6) is 1.05. The number of nitrogens with zero attached hydrogens (tertiary/aromatic N) is 4. The van der Waals surface area contributed by atoms with Crippen molar-refractivity contribution in [1.82, 2.24) is 9.55 Å². The zero-order valence-corrected chi connectivity index (χ0v) is 15.3. The molecule has 1 aromatic heterocycles. The van der Waals surface area contributed by atoms with Crippen LogP contribution in [0.1, 0.15) is 37.1 Å². The predicted octanol–water partition coefficient (Wildman–Crippen LogP) is 4.21. The third-order valence-electron chi connectivity index (χ3n) is 5.15. The first-order valence-corrected chi connectivity index (χ1v) is 9.47. The number of carbonyl (C=O) groups is 1. The van der Waals surface area contributed by atoms with Crippen molar-refractivity contribution >= 4 is 22.6 Å². The maximum Gasteiger partial charge on any atom is 0.227 e. The van der Waals surface area contributed by atoms with Crippen molar-refractivity contribution in [2.24, 2.45) is 0 Å². The Bertz CT molecular complexity index is 1010. The number of unbranched alkanes of at least 4 members (excludes halogenated alkanes) is 2. The summed E-state index contributed by atoms with van der Waals surface area (Å²) in [4.78, 5) is 19.3. The van der Waals surface area contributed by atoms with Gasteiger partial charge in [0.05, 0.1) is 23.6 Å². The highest BCUT2D eigenvalue weighted by Crippen LogP contribution is 2.29. The Kier molecular flexibility index (Phi) is 4.88. The number of imidazole rings is 1. The topological polar surface area (TPSA) is 61.9 Å². The summed E-state index contributed by atoms with van der Waals surface area (Å²) in [6.07, 6.45) is 3.70. The molecule has 0 saturated carbocycles. The van der Waals surface area contributed by atoms with Gasteiger partial charge in [-0.1, -0.05) is 30.3 Å². The highest BCUT2D eigenvalue weighted by Gasteiger charge is 2.25. The number of aromatic nitrogens is 2. The van der Waals surface area contributed by atoms with E-state index in [1.54, 1.807) is 0 Å². The third-order valence-corrected chi connectivity index (χ3v) is 5.15. The van der Waals surface area contributed by atoms with Crippen LogP contribution >= 0.6 is 0 Å². The molecule has 1 aliphatic heterocycles. The van der Waals surface area contributed by atoms with Crippen LogP contribution in [0.15, 0.2) is 48.5 Å². The molecule has 2 heterocycles. The van der Waals surface area contributed by atoms with E-state index in [4.69, 9.17) is 10.2 Å². The molecule has 1 amide bonds. The van der Waals surface area contributed by atoms with Crippen LogP contribution in [-0.2, 0) is 24.3 Å². The average molecular weight is 358 g/mol. The van der Waals surface area contributed by atoms with Crippen LogP contribution in [0.3, 0.4) is 0 Å². The molecule has 4 rings (SSSR count). The van der Waals surface area contributed by atoms with Gasteiger partial charge in [-0.3, -0.25) is 4.79 Å². The molecule has 0 bridgehead atoms. The van der Waals surface area contributed by atoms with Gasteiger partial charge < -0.3 is 9.47 Å². The minimum atomic E-state index is 0.150. The van der Waals surface area contributed by atoms with Gasteiger partial charge in [-0.05, 0) is 43.0 Å². The van der Waals surface area contributed by atoms with Gasteiger partial charge >= 0.3 is 0 Å². The number of aryl methyl sites for hydroxylation is 2. The maximum absolute atomic E-state index is 12.6. The molecule has 0 radical (unpaired) electrons. The Labute approximate surface area is 158 Å². The molecule has 0 unspecified atom stereocenters. The number of para-hydroxylation sites is 3. The summed E-state index contributed by atoms with van der Waals surface area (Å²) in [5.41, 5.74) is 4.25. The lowest BCUT2D eigenvalue weighted by molar-refractivity contribution is -0.119. The molecule has 5 nitrogen and oxygen atoms in total. The monoisotopic (exact) mass is 358 g/mol. The lowest BCUT2D eigenvalue weighted by atomic mass is 10.0. The molecular formula is C22H22N4O. The quantitative estimate of drug-likeness (QED) is 0.620. The van der Waals surface area contributed by atoms with Crippen LogP contribution in [0, 0.1) is 11.3 Å². The number of rotatable bonds is 6. The zero-order chi connectivity index (χ0) is 18.6. The van der Waals surface area contributed by atoms with Gasteiger partial charge in [0, 0.05) is 25.1 Å². The van der Waals surface area contributed by atoms with Gasteiger partial charge in [-0.2, -0.15) is 5.26 Å². The molecule has 0 aliphatic carbocycles. The lowest BCUT2D eigenvalue weighted by Crippen LogP contribution is -2.35. The molecule has 5 heteroatoms. The minimum Gasteiger partial charge on any atom is -0.326 e. The number of amides is 1. The first-order valence-electron chi connectivity index (χ1n) is 9.47. The summed E-state index contributed by atoms with van der Waals surface area (Å²) >= 11 is 0. The third kappa shape index (κ3) is 3.43. The van der Waals surface area contributed by atoms with Crippen LogP contribution in [-0.4, -0.2) is 15.5 Å². The molecule has 0 N–H and O–H groups in total. The van der Waals surface area contributed by atoms with E-state index in [-0.39, 0.29) is 5.91 Å². The second-order valence-corrected chi connectivity index (χ2v) is 6.89. The fraction of sp³-hybridized carbons (Fsp3) is 0.318. The standard InChI is InChI=1S/C22H22N4O/c23-14-6-1-7-15-25-20-11-5-3-9-18(20)24-21(25)16-26-19-10-4-2-8-17(19)12-13-22(26)27/h2-5,8-11H,1,6-7,12-13,15-16H2. The molecule has 0 saturated heterocycles. The summed E-state index contributed by atoms with van der Waals surface area (Å²) in [7, 11) is 0. The predicted molar refractivity (Wildman–Crippen MR) is 105 cm³/mol. The second kappa shape index (κ2) is 7.63. The minimum absolute atomic E-state index is 0.150. The van der Waals surface area contributed by atoms with Crippen molar-refractivity contribution < 1.29 is 4.79 Å². The normalized spacial score (nSPS) is 13.6. The van der Waals surface area contributed by atoms with Crippen LogP contribution in [0.2, 0.25) is 0 Å². The van der Waals surface area contributed by atoms with Gasteiger partial charge in [0.25, 0.3) is 0 Å². The summed E-state index contributed by atoms with van der Waals surface area (Å²) in [6.45, 7) is 1.28. The van der Waals surface area contributed by atoms with Crippen LogP contribution in [0.25, 0.3) is 11.0 Å². The van der Waals surface area contributed by atoms with Crippen molar-refractivity contribution in [3.8, 4) is 6.07 Å². The van der Waals surface area contributed by atoms with Gasteiger partial charge in [0.2, 0.25) is 5.91 Å². The Morgan fingerprint density at radius 2 is 1.85 bits per heavy atom. The summed E-state index contributed by atoms with van der Waals surface area (Å²) in [5, 5.41) is 8.78. The van der Waals surface area contributed by atoms with Gasteiger partial charge in [0.15, 0.2) is 0 Å². The van der Waals surface area contributed by atoms with Crippen molar-refractivity contribution in [1.29, 1.82) is 5.26 Å². The number of fused-ring (bicyclic) bond motifs is 2. The first kappa shape index (κ1) is 17.3. The van der Waals surface area contributed by atoms with Gasteiger partial charge in [0.1, 0.15) is 5.82 Å². The molecule has 27 heavy (non-hydrogen) atoms. The van der Waals surface area contributed by atoms with E-state index >= 15 is 0 Å². The second-order valence-electron chi connectivity index (χ2n) is 6.89. The number of hydrogen-bond donors (Lipinski definition) is 0. The van der Waals surface area contributed by atoms with E-state index in [0.717, 1.165) is 48.4 Å². The molecule has 0 spiro atoms. The molecule has 0 atom stereocenters. The van der Waals surface area contributed by atoms with E-state index in [1.165, 1.54) is 5.56 Å². The van der Waals surface area contributed by atoms with Gasteiger partial charge in [-0.15, -0.1) is 0 Å². The Morgan fingerprint density at radius 3 is 2.74 bits per heavy atom. The highest BCUT2D eigenvalue weighted by atomic mass is 16.2. The maximum atomic E-state index is 12.6. The van der Waals surface area contributed by atoms with E-state index in [9.17, 15) is 4.79 Å². The molecule has 136 valence electrons. The number of anilines is 1.